The summed E-state index contributed by atoms with van der Waals surface area (Å²) in [4.78, 5) is 12.1. The van der Waals surface area contributed by atoms with Gasteiger partial charge >= 0.3 is 0 Å². The van der Waals surface area contributed by atoms with Crippen LogP contribution in [0.1, 0.15) is 16.8 Å². The molecular weight excluding hydrogens is 224 g/mol. The van der Waals surface area contributed by atoms with Gasteiger partial charge in [0.05, 0.1) is 6.54 Å². The molecule has 0 fully saturated rings. The second-order valence-corrected chi connectivity index (χ2v) is 4.67. The second-order valence-electron chi connectivity index (χ2n) is 4.67. The lowest BCUT2D eigenvalue weighted by molar-refractivity contribution is 0.0995. The molecule has 3 heteroatoms. The first-order valence-electron chi connectivity index (χ1n) is 6.13. The Morgan fingerprint density at radius 1 is 1.22 bits per heavy atom. The molecule has 2 N–H and O–H groups in total. The van der Waals surface area contributed by atoms with E-state index in [9.17, 15) is 4.79 Å². The molecule has 88 valence electrons. The number of allylic oxidation sites excluding steroid dienone is 3. The second kappa shape index (κ2) is 3.35. The Morgan fingerprint density at radius 2 is 2.17 bits per heavy atom. The highest BCUT2D eigenvalue weighted by molar-refractivity contribution is 6.01. The van der Waals surface area contributed by atoms with Crippen molar-refractivity contribution in [1.29, 1.82) is 0 Å². The molecule has 4 bridgehead atoms. The maximum absolute atomic E-state index is 12.1. The van der Waals surface area contributed by atoms with Crippen molar-refractivity contribution in [1.82, 2.24) is 10.6 Å². The van der Waals surface area contributed by atoms with Crippen LogP contribution in [0.15, 0.2) is 42.1 Å². The van der Waals surface area contributed by atoms with Crippen molar-refractivity contribution in [3.8, 4) is 0 Å². The number of fused-ring (bicyclic) bond motifs is 1. The van der Waals surface area contributed by atoms with Gasteiger partial charge in [-0.1, -0.05) is 36.4 Å². The predicted octanol–water partition coefficient (Wildman–Crippen LogP) is 0.136. The number of Topliss-reactive ketones (excluding diaryl/α,β-unsaturated/α-hetero) is 1. The topological polar surface area (TPSA) is 41.1 Å². The zero-order valence-corrected chi connectivity index (χ0v) is 9.79. The van der Waals surface area contributed by atoms with Gasteiger partial charge < -0.3 is 10.6 Å². The number of hydrogen-bond acceptors (Lipinski definition) is 3. The molecule has 1 aromatic carbocycles. The highest BCUT2D eigenvalue weighted by atomic mass is 16.1. The van der Waals surface area contributed by atoms with Crippen LogP contribution in [-0.2, 0) is 0 Å². The van der Waals surface area contributed by atoms with Gasteiger partial charge in [0.25, 0.3) is 0 Å². The smallest absolute Gasteiger partial charge is 0.182 e. The molecule has 0 aromatic heterocycles. The van der Waals surface area contributed by atoms with Crippen LogP contribution >= 0.6 is 0 Å². The van der Waals surface area contributed by atoms with E-state index in [2.05, 4.69) is 34.9 Å². The molecule has 0 saturated heterocycles. The van der Waals surface area contributed by atoms with Crippen molar-refractivity contribution in [2.24, 2.45) is 0 Å². The van der Waals surface area contributed by atoms with Crippen LogP contribution in [0.4, 0.5) is 0 Å². The summed E-state index contributed by atoms with van der Waals surface area (Å²) in [5.74, 6) is 1.10. The standard InChI is InChI=1S/C15H12N2O/c18-13-8-16-15-11-6-3-5-10(13)14(11)9-4-1-2-7-12(9)17-15/h1,3-7,16-17H,2,8H2. The summed E-state index contributed by atoms with van der Waals surface area (Å²) in [6.45, 7) is 0.354. The van der Waals surface area contributed by atoms with Gasteiger partial charge in [0, 0.05) is 27.3 Å². The van der Waals surface area contributed by atoms with Crippen molar-refractivity contribution < 1.29 is 4.79 Å². The van der Waals surface area contributed by atoms with Crippen LogP contribution < -0.4 is 21.1 Å². The summed E-state index contributed by atoms with van der Waals surface area (Å²) in [5.41, 5.74) is 3.06. The molecule has 2 aliphatic heterocycles. The van der Waals surface area contributed by atoms with Crippen LogP contribution in [0.2, 0.25) is 0 Å². The maximum atomic E-state index is 12.1. The zero-order valence-electron chi connectivity index (χ0n) is 9.79. The third-order valence-corrected chi connectivity index (χ3v) is 3.62. The lowest BCUT2D eigenvalue weighted by Gasteiger charge is -2.21. The van der Waals surface area contributed by atoms with E-state index >= 15 is 0 Å². The van der Waals surface area contributed by atoms with Crippen LogP contribution in [0, 0.1) is 0 Å². The first-order valence-corrected chi connectivity index (χ1v) is 6.13. The summed E-state index contributed by atoms with van der Waals surface area (Å²) < 4.78 is 0. The van der Waals surface area contributed by atoms with Crippen molar-refractivity contribution >= 4 is 17.2 Å². The third-order valence-electron chi connectivity index (χ3n) is 3.62. The van der Waals surface area contributed by atoms with E-state index < -0.39 is 0 Å². The van der Waals surface area contributed by atoms with E-state index in [1.165, 1.54) is 0 Å². The summed E-state index contributed by atoms with van der Waals surface area (Å²) in [7, 11) is 0. The summed E-state index contributed by atoms with van der Waals surface area (Å²) >= 11 is 0. The number of rotatable bonds is 0. The lowest BCUT2D eigenvalue weighted by atomic mass is 9.95. The number of benzene rings is 1. The molecule has 4 rings (SSSR count). The molecule has 3 nitrogen and oxygen atoms in total. The molecular formula is C15H12N2O. The number of carbonyl (C=O) groups is 1. The van der Waals surface area contributed by atoms with E-state index in [1.807, 2.05) is 12.1 Å². The van der Waals surface area contributed by atoms with Gasteiger partial charge in [0.2, 0.25) is 0 Å². The fourth-order valence-corrected chi connectivity index (χ4v) is 2.80. The normalized spacial score (nSPS) is 19.6. The van der Waals surface area contributed by atoms with Crippen molar-refractivity contribution in [2.45, 2.75) is 6.42 Å². The van der Waals surface area contributed by atoms with Crippen molar-refractivity contribution in [3.05, 3.63) is 58.1 Å². The molecule has 2 heterocycles. The average Bonchev–Trinajstić information content (AvgIpc) is 2.48. The molecule has 0 spiro atoms. The molecule has 1 aliphatic carbocycles. The minimum atomic E-state index is 0.149. The Bertz CT molecular complexity index is 753. The Kier molecular flexibility index (Phi) is 1.81. The van der Waals surface area contributed by atoms with Gasteiger partial charge in [-0.25, -0.2) is 0 Å². The SMILES string of the molecule is O=C1CNC2=c3cccc1c3=C1C=CCC=C1N2. The Morgan fingerprint density at radius 3 is 3.11 bits per heavy atom. The van der Waals surface area contributed by atoms with E-state index in [4.69, 9.17) is 0 Å². The number of carbonyl (C=O) groups excluding carboxylic acids is 1. The summed E-state index contributed by atoms with van der Waals surface area (Å²) in [6.07, 6.45) is 7.33. The maximum Gasteiger partial charge on any atom is 0.182 e. The first kappa shape index (κ1) is 9.71. The molecule has 0 atom stereocenters. The third kappa shape index (κ3) is 1.16. The molecule has 0 amide bonds. The van der Waals surface area contributed by atoms with E-state index in [-0.39, 0.29) is 5.78 Å². The zero-order chi connectivity index (χ0) is 12.1. The quantitative estimate of drug-likeness (QED) is 0.673. The molecule has 3 aliphatic rings. The van der Waals surface area contributed by atoms with E-state index in [1.54, 1.807) is 0 Å². The van der Waals surface area contributed by atoms with Gasteiger partial charge in [-0.15, -0.1) is 0 Å². The van der Waals surface area contributed by atoms with E-state index in [0.29, 0.717) is 6.54 Å². The van der Waals surface area contributed by atoms with Gasteiger partial charge in [0.1, 0.15) is 5.82 Å². The Hall–Kier alpha value is -2.29. The van der Waals surface area contributed by atoms with Gasteiger partial charge in [-0.05, 0) is 6.42 Å². The minimum absolute atomic E-state index is 0.149. The fraction of sp³-hybridized carbons (Fsp3) is 0.133. The summed E-state index contributed by atoms with van der Waals surface area (Å²) in [5, 5.41) is 8.75. The fourth-order valence-electron chi connectivity index (χ4n) is 2.80. The largest absolute Gasteiger partial charge is 0.364 e. The van der Waals surface area contributed by atoms with Crippen LogP contribution in [0.5, 0.6) is 0 Å². The lowest BCUT2D eigenvalue weighted by Crippen LogP contribution is -2.43. The van der Waals surface area contributed by atoms with E-state index in [0.717, 1.165) is 39.5 Å². The van der Waals surface area contributed by atoms with Crippen molar-refractivity contribution in [2.75, 3.05) is 6.54 Å². The summed E-state index contributed by atoms with van der Waals surface area (Å²) in [6, 6.07) is 5.92. The van der Waals surface area contributed by atoms with Gasteiger partial charge in [0.15, 0.2) is 5.78 Å². The monoisotopic (exact) mass is 236 g/mol. The van der Waals surface area contributed by atoms with Crippen molar-refractivity contribution in [3.63, 3.8) is 0 Å². The number of hydrogen-bond donors (Lipinski definition) is 2. The molecule has 0 unspecified atom stereocenters. The molecule has 0 saturated carbocycles. The highest BCUT2D eigenvalue weighted by Gasteiger charge is 2.22. The Balaban J connectivity index is 2.27. The number of ketones is 1. The molecule has 0 radical (unpaired) electrons. The van der Waals surface area contributed by atoms with Gasteiger partial charge in [-0.3, -0.25) is 4.79 Å². The first-order chi connectivity index (χ1) is 8.84. The Labute approximate surface area is 104 Å². The van der Waals surface area contributed by atoms with Crippen LogP contribution in [-0.4, -0.2) is 12.3 Å². The number of nitrogens with one attached hydrogen (secondary N) is 2. The highest BCUT2D eigenvalue weighted by Crippen LogP contribution is 2.19. The predicted molar refractivity (Wildman–Crippen MR) is 69.8 cm³/mol. The van der Waals surface area contributed by atoms with Gasteiger partial charge in [-0.2, -0.15) is 0 Å². The minimum Gasteiger partial charge on any atom is -0.364 e. The van der Waals surface area contributed by atoms with Crippen LogP contribution in [0.25, 0.3) is 11.4 Å². The van der Waals surface area contributed by atoms with Crippen LogP contribution in [0.3, 0.4) is 0 Å². The molecule has 1 aromatic rings. The molecule has 18 heavy (non-hydrogen) atoms. The average molecular weight is 236 g/mol.